The Bertz CT molecular complexity index is 1070. The van der Waals surface area contributed by atoms with Crippen LogP contribution < -0.4 is 21.7 Å². The number of nitrogens with two attached hydrogens (primary N) is 2. The summed E-state index contributed by atoms with van der Waals surface area (Å²) in [6.45, 7) is 0.469. The van der Waals surface area contributed by atoms with E-state index in [1.807, 2.05) is 0 Å². The van der Waals surface area contributed by atoms with E-state index in [2.05, 4.69) is 5.32 Å². The average molecular weight is 408 g/mol. The van der Waals surface area contributed by atoms with Crippen molar-refractivity contribution in [2.24, 2.45) is 11.5 Å². The zero-order valence-corrected chi connectivity index (χ0v) is 16.1. The number of allylic oxidation sites excluding steroid dienone is 1. The summed E-state index contributed by atoms with van der Waals surface area (Å²) in [5, 5.41) is 12.5. The van der Waals surface area contributed by atoms with Gasteiger partial charge in [-0.05, 0) is 54.8 Å². The van der Waals surface area contributed by atoms with Crippen LogP contribution >= 0.6 is 0 Å². The summed E-state index contributed by atoms with van der Waals surface area (Å²) in [6, 6.07) is 11.9. The minimum Gasteiger partial charge on any atom is -0.508 e. The molecule has 2 aromatic rings. The Morgan fingerprint density at radius 2 is 1.80 bits per heavy atom. The zero-order valence-electron chi connectivity index (χ0n) is 16.1. The van der Waals surface area contributed by atoms with E-state index < -0.39 is 17.6 Å². The first-order valence-electron chi connectivity index (χ1n) is 9.53. The fraction of sp³-hybridized carbons (Fsp3) is 0.182. The predicted molar refractivity (Wildman–Crippen MR) is 109 cm³/mol. The smallest absolute Gasteiger partial charge is 0.249 e. The molecule has 30 heavy (non-hydrogen) atoms. The maximum Gasteiger partial charge on any atom is 0.249 e. The number of hydrogen-bond acceptors (Lipinski definition) is 5. The van der Waals surface area contributed by atoms with Crippen LogP contribution in [0.2, 0.25) is 0 Å². The summed E-state index contributed by atoms with van der Waals surface area (Å²) in [6.07, 6.45) is 1.19. The largest absolute Gasteiger partial charge is 0.508 e. The fourth-order valence-corrected chi connectivity index (χ4v) is 4.06. The molecule has 2 amide bonds. The summed E-state index contributed by atoms with van der Waals surface area (Å²) in [5.74, 6) is -2.13. The third-order valence-electron chi connectivity index (χ3n) is 5.37. The maximum atomic E-state index is 13.5. The number of halogens is 1. The molecular formula is C22H21FN4O3. The molecular weight excluding hydrogens is 387 g/mol. The van der Waals surface area contributed by atoms with Crippen LogP contribution in [0.1, 0.15) is 24.3 Å². The van der Waals surface area contributed by atoms with E-state index in [0.29, 0.717) is 41.9 Å². The minimum absolute atomic E-state index is 0.0552. The van der Waals surface area contributed by atoms with Crippen molar-refractivity contribution in [3.05, 3.63) is 82.6 Å². The molecule has 8 heteroatoms. The molecule has 0 saturated carbocycles. The van der Waals surface area contributed by atoms with Crippen LogP contribution in [0.25, 0.3) is 0 Å². The van der Waals surface area contributed by atoms with E-state index >= 15 is 0 Å². The molecule has 7 nitrogen and oxygen atoms in total. The second kappa shape index (κ2) is 7.55. The van der Waals surface area contributed by atoms with Gasteiger partial charge in [-0.3, -0.25) is 14.5 Å². The normalized spacial score (nSPS) is 19.3. The molecule has 0 radical (unpaired) electrons. The van der Waals surface area contributed by atoms with Gasteiger partial charge in [0.05, 0.1) is 11.5 Å². The van der Waals surface area contributed by atoms with Crippen molar-refractivity contribution < 1.29 is 19.1 Å². The van der Waals surface area contributed by atoms with E-state index in [1.165, 1.54) is 36.4 Å². The molecule has 0 bridgehead atoms. The monoisotopic (exact) mass is 408 g/mol. The number of rotatable bonds is 3. The lowest BCUT2D eigenvalue weighted by Crippen LogP contribution is -2.41. The summed E-state index contributed by atoms with van der Waals surface area (Å²) in [7, 11) is 0. The standard InChI is InChI=1S/C22H21FN4O3/c23-13-5-7-14(8-6-13)27-16-2-1-11-26-22(30)18(16)17(19(20(27)24)21(25)29)12-3-9-15(28)10-4-12/h3-10,17,28H,1-2,11,24H2,(H2,25,29)(H,26,30). The maximum absolute atomic E-state index is 13.5. The lowest BCUT2D eigenvalue weighted by molar-refractivity contribution is -0.117. The Kier molecular flexibility index (Phi) is 4.91. The van der Waals surface area contributed by atoms with Crippen LogP contribution in [0.5, 0.6) is 5.75 Å². The number of anilines is 1. The van der Waals surface area contributed by atoms with Gasteiger partial charge >= 0.3 is 0 Å². The van der Waals surface area contributed by atoms with Gasteiger partial charge in [0.15, 0.2) is 0 Å². The molecule has 1 atom stereocenters. The van der Waals surface area contributed by atoms with Gasteiger partial charge in [0.1, 0.15) is 17.4 Å². The third kappa shape index (κ3) is 3.26. The molecule has 0 saturated heterocycles. The highest BCUT2D eigenvalue weighted by molar-refractivity contribution is 6.05. The SMILES string of the molecule is NC(=O)C1=C(N)N(c2ccc(F)cc2)C2=C(C(=O)NCCC2)C1c1ccc(O)cc1. The van der Waals surface area contributed by atoms with Crippen molar-refractivity contribution in [3.63, 3.8) is 0 Å². The molecule has 154 valence electrons. The van der Waals surface area contributed by atoms with E-state index in [-0.39, 0.29) is 23.1 Å². The first-order valence-corrected chi connectivity index (χ1v) is 9.53. The lowest BCUT2D eigenvalue weighted by atomic mass is 9.79. The van der Waals surface area contributed by atoms with Gasteiger partial charge in [-0.1, -0.05) is 12.1 Å². The van der Waals surface area contributed by atoms with Gasteiger partial charge in [-0.15, -0.1) is 0 Å². The topological polar surface area (TPSA) is 122 Å². The Balaban J connectivity index is 1.99. The van der Waals surface area contributed by atoms with Crippen molar-refractivity contribution >= 4 is 17.5 Å². The van der Waals surface area contributed by atoms with Crippen molar-refractivity contribution in [3.8, 4) is 5.75 Å². The van der Waals surface area contributed by atoms with Gasteiger partial charge in [0, 0.05) is 23.5 Å². The number of hydrogen-bond donors (Lipinski definition) is 4. The quantitative estimate of drug-likeness (QED) is 0.619. The highest BCUT2D eigenvalue weighted by atomic mass is 19.1. The number of carbonyl (C=O) groups is 2. The zero-order chi connectivity index (χ0) is 21.4. The minimum atomic E-state index is -0.784. The summed E-state index contributed by atoms with van der Waals surface area (Å²) in [5.41, 5.74) is 14.4. The Morgan fingerprint density at radius 3 is 2.43 bits per heavy atom. The van der Waals surface area contributed by atoms with Crippen LogP contribution in [0.15, 0.2) is 71.2 Å². The lowest BCUT2D eigenvalue weighted by Gasteiger charge is -2.38. The van der Waals surface area contributed by atoms with Crippen LogP contribution in [-0.2, 0) is 9.59 Å². The van der Waals surface area contributed by atoms with Crippen molar-refractivity contribution in [2.75, 3.05) is 11.4 Å². The molecule has 0 spiro atoms. The van der Waals surface area contributed by atoms with E-state index in [1.54, 1.807) is 17.0 Å². The first-order chi connectivity index (χ1) is 14.4. The molecule has 0 aliphatic carbocycles. The second-order valence-electron chi connectivity index (χ2n) is 7.22. The predicted octanol–water partition coefficient (Wildman–Crippen LogP) is 1.95. The number of nitrogens with zero attached hydrogens (tertiary/aromatic N) is 1. The van der Waals surface area contributed by atoms with Gasteiger partial charge < -0.3 is 21.9 Å². The van der Waals surface area contributed by atoms with Crippen molar-refractivity contribution in [1.29, 1.82) is 0 Å². The molecule has 0 fully saturated rings. The third-order valence-corrected chi connectivity index (χ3v) is 5.37. The molecule has 2 aliphatic rings. The fourth-order valence-electron chi connectivity index (χ4n) is 4.06. The molecule has 2 aromatic carbocycles. The number of phenols is 1. The summed E-state index contributed by atoms with van der Waals surface area (Å²) < 4.78 is 13.5. The summed E-state index contributed by atoms with van der Waals surface area (Å²) in [4.78, 5) is 27.2. The van der Waals surface area contributed by atoms with Crippen LogP contribution in [0, 0.1) is 5.82 Å². The number of primary amides is 1. The average Bonchev–Trinajstić information content (AvgIpc) is 2.90. The van der Waals surface area contributed by atoms with E-state index in [0.717, 1.165) is 0 Å². The number of amides is 2. The first kappa shape index (κ1) is 19.5. The molecule has 2 heterocycles. The number of phenolic OH excluding ortho intramolecular Hbond substituents is 1. The van der Waals surface area contributed by atoms with Crippen molar-refractivity contribution in [2.45, 2.75) is 18.8 Å². The number of nitrogens with one attached hydrogen (secondary N) is 1. The highest BCUT2D eigenvalue weighted by Gasteiger charge is 2.41. The summed E-state index contributed by atoms with van der Waals surface area (Å²) >= 11 is 0. The molecule has 1 unspecified atom stereocenters. The molecule has 4 rings (SSSR count). The number of carbonyl (C=O) groups excluding carboxylic acids is 2. The van der Waals surface area contributed by atoms with Gasteiger partial charge in [0.2, 0.25) is 11.8 Å². The Hall–Kier alpha value is -3.81. The molecule has 0 aromatic heterocycles. The Morgan fingerprint density at radius 1 is 1.13 bits per heavy atom. The van der Waals surface area contributed by atoms with Crippen LogP contribution in [0.3, 0.4) is 0 Å². The van der Waals surface area contributed by atoms with Gasteiger partial charge in [-0.25, -0.2) is 4.39 Å². The second-order valence-corrected chi connectivity index (χ2v) is 7.22. The Labute approximate surface area is 172 Å². The number of aromatic hydroxyl groups is 1. The highest BCUT2D eigenvalue weighted by Crippen LogP contribution is 2.44. The molecule has 2 aliphatic heterocycles. The van der Waals surface area contributed by atoms with Crippen LogP contribution in [-0.4, -0.2) is 23.5 Å². The van der Waals surface area contributed by atoms with Crippen molar-refractivity contribution in [1.82, 2.24) is 5.32 Å². The van der Waals surface area contributed by atoms with Crippen LogP contribution in [0.4, 0.5) is 10.1 Å². The van der Waals surface area contributed by atoms with E-state index in [4.69, 9.17) is 11.5 Å². The number of benzene rings is 2. The molecule has 6 N–H and O–H groups in total. The van der Waals surface area contributed by atoms with E-state index in [9.17, 15) is 19.1 Å². The van der Waals surface area contributed by atoms with Gasteiger partial charge in [-0.2, -0.15) is 0 Å². The van der Waals surface area contributed by atoms with Gasteiger partial charge in [0.25, 0.3) is 0 Å².